The van der Waals surface area contributed by atoms with E-state index < -0.39 is 0 Å². The van der Waals surface area contributed by atoms with Gasteiger partial charge in [0.2, 0.25) is 0 Å². The Hall–Kier alpha value is -1.02. The second-order valence-electron chi connectivity index (χ2n) is 2.97. The average molecular weight is 243 g/mol. The molecule has 0 aliphatic heterocycles. The van der Waals surface area contributed by atoms with Crippen molar-refractivity contribution in [3.05, 3.63) is 29.8 Å². The SMILES string of the molecule is CC.CC(=O)c1ccc(OCCCCl)cc1. The van der Waals surface area contributed by atoms with Crippen LogP contribution in [0.5, 0.6) is 5.75 Å². The number of ether oxygens (including phenoxy) is 1. The molecule has 0 bridgehead atoms. The third-order valence-electron chi connectivity index (χ3n) is 1.81. The van der Waals surface area contributed by atoms with Crippen LogP contribution in [0.1, 0.15) is 37.6 Å². The van der Waals surface area contributed by atoms with Crippen molar-refractivity contribution < 1.29 is 9.53 Å². The van der Waals surface area contributed by atoms with Gasteiger partial charge in [-0.25, -0.2) is 0 Å². The van der Waals surface area contributed by atoms with E-state index in [2.05, 4.69) is 0 Å². The van der Waals surface area contributed by atoms with E-state index in [1.54, 1.807) is 31.2 Å². The normalized spacial score (nSPS) is 9.00. The summed E-state index contributed by atoms with van der Waals surface area (Å²) in [5.41, 5.74) is 0.703. The summed E-state index contributed by atoms with van der Waals surface area (Å²) in [5, 5.41) is 0. The van der Waals surface area contributed by atoms with Crippen LogP contribution in [-0.4, -0.2) is 18.3 Å². The Morgan fingerprint density at radius 3 is 2.25 bits per heavy atom. The maximum Gasteiger partial charge on any atom is 0.159 e. The van der Waals surface area contributed by atoms with E-state index in [9.17, 15) is 4.79 Å². The molecule has 1 aromatic rings. The maximum absolute atomic E-state index is 11.0. The van der Waals surface area contributed by atoms with E-state index in [0.29, 0.717) is 18.1 Å². The van der Waals surface area contributed by atoms with E-state index in [1.165, 1.54) is 0 Å². The summed E-state index contributed by atoms with van der Waals surface area (Å²) in [6.45, 7) is 6.16. The van der Waals surface area contributed by atoms with E-state index >= 15 is 0 Å². The quantitative estimate of drug-likeness (QED) is 0.444. The Bertz CT molecular complexity index is 293. The van der Waals surface area contributed by atoms with Gasteiger partial charge in [0.15, 0.2) is 5.78 Å². The fraction of sp³-hybridized carbons (Fsp3) is 0.462. The van der Waals surface area contributed by atoms with Crippen LogP contribution < -0.4 is 4.74 Å². The van der Waals surface area contributed by atoms with Crippen LogP contribution in [-0.2, 0) is 0 Å². The van der Waals surface area contributed by atoms with Crippen LogP contribution in [0.2, 0.25) is 0 Å². The smallest absolute Gasteiger partial charge is 0.159 e. The van der Waals surface area contributed by atoms with Crippen molar-refractivity contribution >= 4 is 17.4 Å². The molecule has 0 saturated carbocycles. The van der Waals surface area contributed by atoms with E-state index in [1.807, 2.05) is 13.8 Å². The molecule has 2 nitrogen and oxygen atoms in total. The van der Waals surface area contributed by atoms with Crippen LogP contribution in [0.25, 0.3) is 0 Å². The van der Waals surface area contributed by atoms with Gasteiger partial charge in [-0.15, -0.1) is 11.6 Å². The molecule has 0 aromatic heterocycles. The minimum Gasteiger partial charge on any atom is -0.494 e. The Morgan fingerprint density at radius 1 is 1.25 bits per heavy atom. The molecule has 1 rings (SSSR count). The Morgan fingerprint density at radius 2 is 1.81 bits per heavy atom. The van der Waals surface area contributed by atoms with Crippen LogP contribution in [0.15, 0.2) is 24.3 Å². The number of ketones is 1. The maximum atomic E-state index is 11.0. The molecule has 0 spiro atoms. The van der Waals surface area contributed by atoms with Crippen LogP contribution in [0.3, 0.4) is 0 Å². The first-order valence-corrected chi connectivity index (χ1v) is 6.07. The third kappa shape index (κ3) is 5.76. The molecule has 90 valence electrons. The van der Waals surface area contributed by atoms with E-state index in [-0.39, 0.29) is 5.78 Å². The first-order valence-electron chi connectivity index (χ1n) is 5.54. The molecular weight excluding hydrogens is 224 g/mol. The molecular formula is C13H19ClO2. The number of hydrogen-bond acceptors (Lipinski definition) is 2. The second-order valence-corrected chi connectivity index (χ2v) is 3.35. The zero-order chi connectivity index (χ0) is 12.4. The number of benzene rings is 1. The van der Waals surface area contributed by atoms with Crippen molar-refractivity contribution in [1.82, 2.24) is 0 Å². The van der Waals surface area contributed by atoms with Crippen LogP contribution in [0.4, 0.5) is 0 Å². The molecule has 0 fully saturated rings. The number of Topliss-reactive ketones (excluding diaryl/α,β-unsaturated/α-hetero) is 1. The standard InChI is InChI=1S/C11H13ClO2.C2H6/c1-9(13)10-3-5-11(6-4-10)14-8-2-7-12;1-2/h3-6H,2,7-8H2,1H3;1-2H3. The Balaban J connectivity index is 0.00000106. The van der Waals surface area contributed by atoms with Gasteiger partial charge >= 0.3 is 0 Å². The summed E-state index contributed by atoms with van der Waals surface area (Å²) < 4.78 is 5.39. The third-order valence-corrected chi connectivity index (χ3v) is 2.07. The van der Waals surface area contributed by atoms with Crippen molar-refractivity contribution in [2.75, 3.05) is 12.5 Å². The van der Waals surface area contributed by atoms with E-state index in [0.717, 1.165) is 12.2 Å². The molecule has 3 heteroatoms. The highest BCUT2D eigenvalue weighted by Crippen LogP contribution is 2.12. The van der Waals surface area contributed by atoms with Gasteiger partial charge in [-0.2, -0.15) is 0 Å². The summed E-state index contributed by atoms with van der Waals surface area (Å²) >= 11 is 5.51. The lowest BCUT2D eigenvalue weighted by Crippen LogP contribution is -1.98. The fourth-order valence-electron chi connectivity index (χ4n) is 1.03. The lowest BCUT2D eigenvalue weighted by atomic mass is 10.1. The van der Waals surface area contributed by atoms with Gasteiger partial charge in [0.25, 0.3) is 0 Å². The van der Waals surface area contributed by atoms with Gasteiger partial charge in [-0.05, 0) is 37.6 Å². The average Bonchev–Trinajstić information content (AvgIpc) is 2.33. The molecule has 0 heterocycles. The zero-order valence-electron chi connectivity index (χ0n) is 10.1. The molecule has 0 unspecified atom stereocenters. The largest absolute Gasteiger partial charge is 0.494 e. The van der Waals surface area contributed by atoms with Crippen molar-refractivity contribution in [1.29, 1.82) is 0 Å². The molecule has 0 amide bonds. The lowest BCUT2D eigenvalue weighted by Gasteiger charge is -2.04. The fourth-order valence-corrected chi connectivity index (χ4v) is 1.14. The predicted molar refractivity (Wildman–Crippen MR) is 68.6 cm³/mol. The van der Waals surface area contributed by atoms with Crippen molar-refractivity contribution in [2.45, 2.75) is 27.2 Å². The highest BCUT2D eigenvalue weighted by atomic mass is 35.5. The first kappa shape index (κ1) is 15.0. The molecule has 0 aliphatic carbocycles. The van der Waals surface area contributed by atoms with Gasteiger partial charge < -0.3 is 4.74 Å². The number of carbonyl (C=O) groups is 1. The minimum absolute atomic E-state index is 0.0670. The second kappa shape index (κ2) is 9.22. The van der Waals surface area contributed by atoms with Crippen LogP contribution >= 0.6 is 11.6 Å². The monoisotopic (exact) mass is 242 g/mol. The van der Waals surface area contributed by atoms with Crippen molar-refractivity contribution in [3.8, 4) is 5.75 Å². The number of alkyl halides is 1. The van der Waals surface area contributed by atoms with Gasteiger partial charge in [0.05, 0.1) is 6.61 Å². The van der Waals surface area contributed by atoms with Crippen molar-refractivity contribution in [3.63, 3.8) is 0 Å². The molecule has 0 radical (unpaired) electrons. The number of halogens is 1. The predicted octanol–water partition coefficient (Wildman–Crippen LogP) is 3.92. The summed E-state index contributed by atoms with van der Waals surface area (Å²) in [6, 6.07) is 7.12. The number of carbonyl (C=O) groups excluding carboxylic acids is 1. The van der Waals surface area contributed by atoms with Gasteiger partial charge in [0.1, 0.15) is 5.75 Å². The van der Waals surface area contributed by atoms with Gasteiger partial charge in [0, 0.05) is 11.4 Å². The van der Waals surface area contributed by atoms with Crippen LogP contribution in [0, 0.1) is 0 Å². The van der Waals surface area contributed by atoms with E-state index in [4.69, 9.17) is 16.3 Å². The highest BCUT2D eigenvalue weighted by molar-refractivity contribution is 6.17. The topological polar surface area (TPSA) is 26.3 Å². The molecule has 1 aromatic carbocycles. The van der Waals surface area contributed by atoms with Gasteiger partial charge in [-0.3, -0.25) is 4.79 Å². The number of rotatable bonds is 5. The minimum atomic E-state index is 0.0670. The molecule has 0 saturated heterocycles. The Labute approximate surface area is 103 Å². The summed E-state index contributed by atoms with van der Waals surface area (Å²) in [6.07, 6.45) is 0.829. The van der Waals surface area contributed by atoms with Crippen molar-refractivity contribution in [2.24, 2.45) is 0 Å². The molecule has 16 heavy (non-hydrogen) atoms. The zero-order valence-corrected chi connectivity index (χ0v) is 10.9. The summed E-state index contributed by atoms with van der Waals surface area (Å²) in [5.74, 6) is 1.45. The van der Waals surface area contributed by atoms with Gasteiger partial charge in [-0.1, -0.05) is 13.8 Å². The lowest BCUT2D eigenvalue weighted by molar-refractivity contribution is 0.101. The molecule has 0 N–H and O–H groups in total. The molecule has 0 atom stereocenters. The summed E-state index contributed by atoms with van der Waals surface area (Å²) in [4.78, 5) is 11.0. The highest BCUT2D eigenvalue weighted by Gasteiger charge is 1.98. The summed E-state index contributed by atoms with van der Waals surface area (Å²) in [7, 11) is 0. The number of hydrogen-bond donors (Lipinski definition) is 0. The molecule has 0 aliphatic rings. The Kier molecular flexibility index (Phi) is 8.64. The first-order chi connectivity index (χ1) is 7.74.